The lowest BCUT2D eigenvalue weighted by molar-refractivity contribution is -0.165. The quantitative estimate of drug-likeness (QED) is 0.306. The molecule has 190 valence electrons. The van der Waals surface area contributed by atoms with Gasteiger partial charge in [-0.05, 0) is 25.0 Å². The van der Waals surface area contributed by atoms with Gasteiger partial charge in [-0.2, -0.15) is 0 Å². The summed E-state index contributed by atoms with van der Waals surface area (Å²) in [4.78, 5) is 52.7. The van der Waals surface area contributed by atoms with Gasteiger partial charge in [0.15, 0.2) is 6.07 Å². The number of halogens is 1. The first kappa shape index (κ1) is 25.8. The van der Waals surface area contributed by atoms with E-state index in [0.717, 1.165) is 5.56 Å². The maximum atomic E-state index is 13.2. The minimum absolute atomic E-state index is 0.104. The van der Waals surface area contributed by atoms with Gasteiger partial charge in [0.05, 0.1) is 0 Å². The van der Waals surface area contributed by atoms with Crippen LogP contribution in [0.25, 0.3) is 0 Å². The monoisotopic (exact) mass is 531 g/mol. The summed E-state index contributed by atoms with van der Waals surface area (Å²) in [7, 11) is 0. The second-order valence-corrected chi connectivity index (χ2v) is 10.9. The summed E-state index contributed by atoms with van der Waals surface area (Å²) >= 11 is 6.87. The van der Waals surface area contributed by atoms with Crippen LogP contribution in [-0.4, -0.2) is 57.0 Å². The number of carbonyl (C=O) groups is 4. The van der Waals surface area contributed by atoms with Gasteiger partial charge in [-0.15, -0.1) is 11.8 Å². The number of thioether (sulfide) groups is 1. The second-order valence-electron chi connectivity index (χ2n) is 8.87. The number of amides is 3. The molecule has 0 aliphatic carbocycles. The molecule has 2 aromatic carbocycles. The van der Waals surface area contributed by atoms with Crippen LogP contribution in [0, 0.1) is 0 Å². The van der Waals surface area contributed by atoms with Gasteiger partial charge in [-0.1, -0.05) is 72.3 Å². The van der Waals surface area contributed by atoms with E-state index in [4.69, 9.17) is 21.1 Å². The molecule has 2 aliphatic rings. The summed E-state index contributed by atoms with van der Waals surface area (Å²) in [5.41, 5.74) is 1.35. The summed E-state index contributed by atoms with van der Waals surface area (Å²) in [6.45, 7) is 3.84. The zero-order valence-electron chi connectivity index (χ0n) is 19.7. The summed E-state index contributed by atoms with van der Waals surface area (Å²) in [5.74, 6) is -1.47. The average Bonchev–Trinajstić information content (AvgIpc) is 3.13. The second kappa shape index (κ2) is 10.8. The van der Waals surface area contributed by atoms with Crippen molar-refractivity contribution in [2.45, 2.75) is 48.7 Å². The van der Waals surface area contributed by atoms with Crippen LogP contribution in [0.3, 0.4) is 0 Å². The van der Waals surface area contributed by atoms with Crippen LogP contribution in [0.15, 0.2) is 60.7 Å². The molecule has 11 heteroatoms. The predicted octanol–water partition coefficient (Wildman–Crippen LogP) is 2.94. The molecule has 9 nitrogen and oxygen atoms in total. The molecule has 0 bridgehead atoms. The van der Waals surface area contributed by atoms with Crippen molar-refractivity contribution in [3.8, 4) is 0 Å². The van der Waals surface area contributed by atoms with Crippen molar-refractivity contribution >= 4 is 47.2 Å². The SMILES string of the molecule is CC1(C)S[C@@H]2[C@H](NC(=O)C(NC(=O)OCCl)c3ccccc3)C(=O)N2[C@H]1C(=O)OCc1ccccc1. The first-order chi connectivity index (χ1) is 17.2. The lowest BCUT2D eigenvalue weighted by Gasteiger charge is -2.44. The fourth-order valence-corrected chi connectivity index (χ4v) is 6.05. The van der Waals surface area contributed by atoms with Crippen LogP contribution >= 0.6 is 23.4 Å². The van der Waals surface area contributed by atoms with Crippen molar-refractivity contribution in [3.63, 3.8) is 0 Å². The van der Waals surface area contributed by atoms with Gasteiger partial charge in [-0.25, -0.2) is 9.59 Å². The van der Waals surface area contributed by atoms with Crippen LogP contribution in [0.1, 0.15) is 31.0 Å². The van der Waals surface area contributed by atoms with Crippen LogP contribution in [0.5, 0.6) is 0 Å². The molecule has 2 heterocycles. The smallest absolute Gasteiger partial charge is 0.409 e. The standard InChI is InChI=1S/C25H26ClN3O6S/c1-25(2)19(23(32)34-13-15-9-5-3-6-10-15)29-21(31)18(22(29)36-25)27-20(30)17(28-24(33)35-14-26)16-11-7-4-8-12-16/h3-12,17-19,22H,13-14H2,1-2H3,(H,27,30)(H,28,33)/t17?,18-,19+,22-/m1/s1. The van der Waals surface area contributed by atoms with E-state index in [-0.39, 0.29) is 18.6 Å². The van der Waals surface area contributed by atoms with Crippen molar-refractivity contribution in [2.75, 3.05) is 6.07 Å². The first-order valence-electron chi connectivity index (χ1n) is 11.3. The summed E-state index contributed by atoms with van der Waals surface area (Å²) in [6, 6.07) is 14.7. The average molecular weight is 532 g/mol. The van der Waals surface area contributed by atoms with Crippen LogP contribution in [-0.2, 0) is 30.5 Å². The molecular weight excluding hydrogens is 506 g/mol. The van der Waals surface area contributed by atoms with Crippen molar-refractivity contribution in [1.29, 1.82) is 0 Å². The van der Waals surface area contributed by atoms with E-state index in [0.29, 0.717) is 5.56 Å². The number of fused-ring (bicyclic) bond motifs is 1. The number of rotatable bonds is 8. The highest BCUT2D eigenvalue weighted by atomic mass is 35.5. The molecule has 0 radical (unpaired) electrons. The van der Waals surface area contributed by atoms with Crippen molar-refractivity contribution < 1.29 is 28.7 Å². The molecule has 2 aromatic rings. The Hall–Kier alpha value is -3.24. The van der Waals surface area contributed by atoms with Gasteiger partial charge >= 0.3 is 12.1 Å². The Morgan fingerprint density at radius 2 is 1.69 bits per heavy atom. The van der Waals surface area contributed by atoms with E-state index in [1.807, 2.05) is 44.2 Å². The third-order valence-electron chi connectivity index (χ3n) is 6.03. The fraction of sp³-hybridized carbons (Fsp3) is 0.360. The van der Waals surface area contributed by atoms with E-state index in [1.165, 1.54) is 16.7 Å². The van der Waals surface area contributed by atoms with Gasteiger partial charge in [0, 0.05) is 4.75 Å². The number of carbonyl (C=O) groups excluding carboxylic acids is 4. The van der Waals surface area contributed by atoms with E-state index < -0.39 is 46.2 Å². The maximum absolute atomic E-state index is 13.2. The molecule has 4 atom stereocenters. The summed E-state index contributed by atoms with van der Waals surface area (Å²) in [6.07, 6.45) is -0.867. The molecular formula is C25H26ClN3O6S. The Morgan fingerprint density at radius 3 is 2.33 bits per heavy atom. The maximum Gasteiger partial charge on any atom is 0.409 e. The first-order valence-corrected chi connectivity index (χ1v) is 12.7. The number of benzene rings is 2. The number of nitrogens with one attached hydrogen (secondary N) is 2. The largest absolute Gasteiger partial charge is 0.459 e. The Morgan fingerprint density at radius 1 is 1.06 bits per heavy atom. The lowest BCUT2D eigenvalue weighted by atomic mass is 9.95. The molecule has 4 rings (SSSR count). The van der Waals surface area contributed by atoms with E-state index >= 15 is 0 Å². The molecule has 1 unspecified atom stereocenters. The number of hydrogen-bond acceptors (Lipinski definition) is 7. The number of alkyl carbamates (subject to hydrolysis) is 1. The van der Waals surface area contributed by atoms with E-state index in [2.05, 4.69) is 10.6 Å². The van der Waals surface area contributed by atoms with Crippen LogP contribution < -0.4 is 10.6 Å². The number of esters is 1. The summed E-state index contributed by atoms with van der Waals surface area (Å²) in [5, 5.41) is 4.76. The Balaban J connectivity index is 1.44. The topological polar surface area (TPSA) is 114 Å². The molecule has 0 aromatic heterocycles. The Kier molecular flexibility index (Phi) is 7.75. The van der Waals surface area contributed by atoms with Gasteiger partial charge in [-0.3, -0.25) is 9.59 Å². The minimum Gasteiger partial charge on any atom is -0.459 e. The normalized spacial score (nSPS) is 22.6. The molecule has 2 aliphatic heterocycles. The lowest BCUT2D eigenvalue weighted by Crippen LogP contribution is -2.71. The molecule has 0 saturated carbocycles. The molecule has 2 fully saturated rings. The van der Waals surface area contributed by atoms with Gasteiger partial charge < -0.3 is 25.0 Å². The van der Waals surface area contributed by atoms with E-state index in [9.17, 15) is 19.2 Å². The minimum atomic E-state index is -1.10. The summed E-state index contributed by atoms with van der Waals surface area (Å²) < 4.78 is 9.60. The van der Waals surface area contributed by atoms with Crippen molar-refractivity contribution in [1.82, 2.24) is 15.5 Å². The third kappa shape index (κ3) is 5.29. The Bertz CT molecular complexity index is 1130. The van der Waals surface area contributed by atoms with E-state index in [1.54, 1.807) is 30.3 Å². The molecule has 0 spiro atoms. The van der Waals surface area contributed by atoms with Gasteiger partial charge in [0.2, 0.25) is 11.8 Å². The fourth-order valence-electron chi connectivity index (χ4n) is 4.33. The zero-order valence-corrected chi connectivity index (χ0v) is 21.3. The number of hydrogen-bond donors (Lipinski definition) is 2. The number of nitrogens with zero attached hydrogens (tertiary/aromatic N) is 1. The highest BCUT2D eigenvalue weighted by molar-refractivity contribution is 8.01. The van der Waals surface area contributed by atoms with Crippen LogP contribution in [0.2, 0.25) is 0 Å². The number of ether oxygens (including phenoxy) is 2. The van der Waals surface area contributed by atoms with Gasteiger partial charge in [0.1, 0.15) is 30.1 Å². The number of alkyl halides is 1. The predicted molar refractivity (Wildman–Crippen MR) is 134 cm³/mol. The number of β-lactam (4-membered cyclic amide) rings is 1. The van der Waals surface area contributed by atoms with Gasteiger partial charge in [0.25, 0.3) is 0 Å². The Labute approximate surface area is 217 Å². The zero-order chi connectivity index (χ0) is 25.9. The molecule has 2 N–H and O–H groups in total. The van der Waals surface area contributed by atoms with Crippen LogP contribution in [0.4, 0.5) is 4.79 Å². The molecule has 3 amide bonds. The highest BCUT2D eigenvalue weighted by Crippen LogP contribution is 2.51. The third-order valence-corrected chi connectivity index (χ3v) is 7.71. The highest BCUT2D eigenvalue weighted by Gasteiger charge is 2.64. The van der Waals surface area contributed by atoms with Crippen molar-refractivity contribution in [3.05, 3.63) is 71.8 Å². The van der Waals surface area contributed by atoms with Crippen molar-refractivity contribution in [2.24, 2.45) is 0 Å². The molecule has 2 saturated heterocycles. The molecule has 36 heavy (non-hydrogen) atoms.